The molecule has 5 heteroatoms. The predicted octanol–water partition coefficient (Wildman–Crippen LogP) is 3.48. The summed E-state index contributed by atoms with van der Waals surface area (Å²) in [6.45, 7) is 3.59. The van der Waals surface area contributed by atoms with E-state index in [-0.39, 0.29) is 4.90 Å². The van der Waals surface area contributed by atoms with Crippen LogP contribution >= 0.6 is 0 Å². The number of para-hydroxylation sites is 1. The maximum Gasteiger partial charge on any atom is 0.186 e. The summed E-state index contributed by atoms with van der Waals surface area (Å²) >= 11 is -2.14. The van der Waals surface area contributed by atoms with Crippen molar-refractivity contribution < 1.29 is 13.2 Å². The Bertz CT molecular complexity index is 619. The minimum absolute atomic E-state index is 0.0895. The van der Waals surface area contributed by atoms with Gasteiger partial charge in [0.2, 0.25) is 0 Å². The van der Waals surface area contributed by atoms with Crippen LogP contribution in [0.4, 0.5) is 10.1 Å². The summed E-state index contributed by atoms with van der Waals surface area (Å²) in [6.07, 6.45) is 0.549. The molecule has 1 atom stereocenters. The van der Waals surface area contributed by atoms with E-state index in [2.05, 4.69) is 11.8 Å². The van der Waals surface area contributed by atoms with E-state index >= 15 is 0 Å². The van der Waals surface area contributed by atoms with Crippen molar-refractivity contribution in [2.45, 2.75) is 18.2 Å². The SMILES string of the molecule is CCN(CCc1ccc(S(=O)O)cc1F)c1ccccc1. The molecular formula is C16H18FNO2S. The minimum Gasteiger partial charge on any atom is -0.371 e. The molecular weight excluding hydrogens is 289 g/mol. The summed E-state index contributed by atoms with van der Waals surface area (Å²) in [5.74, 6) is -0.431. The normalized spacial score (nSPS) is 12.1. The first-order chi connectivity index (χ1) is 10.1. The largest absolute Gasteiger partial charge is 0.371 e. The Hall–Kier alpha value is -1.72. The van der Waals surface area contributed by atoms with E-state index in [9.17, 15) is 8.60 Å². The average Bonchev–Trinajstić information content (AvgIpc) is 2.50. The molecule has 2 aromatic rings. The summed E-state index contributed by atoms with van der Waals surface area (Å²) in [4.78, 5) is 2.25. The molecule has 0 bridgehead atoms. The van der Waals surface area contributed by atoms with Gasteiger partial charge in [0.05, 0.1) is 4.90 Å². The topological polar surface area (TPSA) is 40.5 Å². The quantitative estimate of drug-likeness (QED) is 0.831. The van der Waals surface area contributed by atoms with Gasteiger partial charge in [-0.1, -0.05) is 24.3 Å². The van der Waals surface area contributed by atoms with Crippen LogP contribution in [0, 0.1) is 5.82 Å². The van der Waals surface area contributed by atoms with Gasteiger partial charge in [0.25, 0.3) is 0 Å². The van der Waals surface area contributed by atoms with Gasteiger partial charge in [-0.05, 0) is 43.2 Å². The molecule has 2 aromatic carbocycles. The molecule has 0 aliphatic rings. The Morgan fingerprint density at radius 3 is 2.48 bits per heavy atom. The molecule has 21 heavy (non-hydrogen) atoms. The molecule has 0 saturated carbocycles. The van der Waals surface area contributed by atoms with Gasteiger partial charge >= 0.3 is 0 Å². The third-order valence-corrected chi connectivity index (χ3v) is 4.04. The smallest absolute Gasteiger partial charge is 0.186 e. The molecule has 0 aromatic heterocycles. The number of halogens is 1. The van der Waals surface area contributed by atoms with Gasteiger partial charge in [-0.3, -0.25) is 0 Å². The third kappa shape index (κ3) is 4.12. The number of hydrogen-bond donors (Lipinski definition) is 1. The lowest BCUT2D eigenvalue weighted by Crippen LogP contribution is -2.25. The van der Waals surface area contributed by atoms with Crippen LogP contribution in [-0.4, -0.2) is 21.9 Å². The molecule has 0 heterocycles. The Morgan fingerprint density at radius 1 is 1.19 bits per heavy atom. The first-order valence-electron chi connectivity index (χ1n) is 6.81. The first kappa shape index (κ1) is 15.7. The Morgan fingerprint density at radius 2 is 1.90 bits per heavy atom. The first-order valence-corrected chi connectivity index (χ1v) is 7.91. The summed E-state index contributed by atoms with van der Waals surface area (Å²) < 4.78 is 33.7. The average molecular weight is 307 g/mol. The van der Waals surface area contributed by atoms with Gasteiger partial charge in [-0.15, -0.1) is 0 Å². The Balaban J connectivity index is 2.07. The molecule has 0 fully saturated rings. The Kier molecular flexibility index (Phi) is 5.47. The van der Waals surface area contributed by atoms with Crippen molar-refractivity contribution in [3.63, 3.8) is 0 Å². The van der Waals surface area contributed by atoms with Crippen molar-refractivity contribution in [1.82, 2.24) is 0 Å². The monoisotopic (exact) mass is 307 g/mol. The summed E-state index contributed by atoms with van der Waals surface area (Å²) in [6, 6.07) is 14.2. The maximum atomic E-state index is 13.9. The molecule has 0 saturated heterocycles. The lowest BCUT2D eigenvalue weighted by Gasteiger charge is -2.23. The fraction of sp³-hybridized carbons (Fsp3) is 0.250. The molecule has 0 amide bonds. The van der Waals surface area contributed by atoms with Gasteiger partial charge in [-0.2, -0.15) is 0 Å². The minimum atomic E-state index is -2.14. The summed E-state index contributed by atoms with van der Waals surface area (Å²) in [5, 5.41) is 0. The van der Waals surface area contributed by atoms with Crippen LogP contribution in [0.25, 0.3) is 0 Å². The van der Waals surface area contributed by atoms with E-state index in [0.29, 0.717) is 18.5 Å². The molecule has 2 rings (SSSR count). The fourth-order valence-corrected chi connectivity index (χ4v) is 2.59. The van der Waals surface area contributed by atoms with Gasteiger partial charge in [0, 0.05) is 18.8 Å². The van der Waals surface area contributed by atoms with Crippen molar-refractivity contribution in [3.05, 3.63) is 59.9 Å². The molecule has 3 nitrogen and oxygen atoms in total. The van der Waals surface area contributed by atoms with Gasteiger partial charge in [-0.25, -0.2) is 8.60 Å². The number of nitrogens with zero attached hydrogens (tertiary/aromatic N) is 1. The summed E-state index contributed by atoms with van der Waals surface area (Å²) in [7, 11) is 0. The zero-order valence-corrected chi connectivity index (χ0v) is 12.6. The Labute approximate surface area is 126 Å². The van der Waals surface area contributed by atoms with E-state index < -0.39 is 16.9 Å². The van der Waals surface area contributed by atoms with E-state index in [1.54, 1.807) is 6.07 Å². The summed E-state index contributed by atoms with van der Waals surface area (Å²) in [5.41, 5.74) is 1.66. The third-order valence-electron chi connectivity index (χ3n) is 3.38. The molecule has 1 N–H and O–H groups in total. The zero-order chi connectivity index (χ0) is 15.2. The predicted molar refractivity (Wildman–Crippen MR) is 83.5 cm³/mol. The van der Waals surface area contributed by atoms with E-state index in [1.807, 2.05) is 30.3 Å². The van der Waals surface area contributed by atoms with Crippen LogP contribution < -0.4 is 4.90 Å². The molecule has 0 radical (unpaired) electrons. The highest BCUT2D eigenvalue weighted by Crippen LogP contribution is 2.17. The van der Waals surface area contributed by atoms with Crippen LogP contribution in [-0.2, 0) is 17.5 Å². The van der Waals surface area contributed by atoms with Crippen LogP contribution in [0.2, 0.25) is 0 Å². The van der Waals surface area contributed by atoms with Gasteiger partial charge in [0.15, 0.2) is 11.1 Å². The number of likely N-dealkylation sites (N-methyl/N-ethyl adjacent to an activating group) is 1. The molecule has 1 unspecified atom stereocenters. The second kappa shape index (κ2) is 7.33. The van der Waals surface area contributed by atoms with Crippen LogP contribution in [0.3, 0.4) is 0 Å². The van der Waals surface area contributed by atoms with Crippen LogP contribution in [0.5, 0.6) is 0 Å². The molecule has 112 valence electrons. The number of anilines is 1. The standard InChI is InChI=1S/C16H18FNO2S/c1-2-18(14-6-4-3-5-7-14)11-10-13-8-9-15(21(19)20)12-16(13)17/h3-9,12H,2,10-11H2,1H3,(H,19,20). The van der Waals surface area contributed by atoms with Crippen LogP contribution in [0.1, 0.15) is 12.5 Å². The lowest BCUT2D eigenvalue weighted by atomic mass is 10.1. The van der Waals surface area contributed by atoms with Crippen molar-refractivity contribution >= 4 is 16.8 Å². The fourth-order valence-electron chi connectivity index (χ4n) is 2.20. The number of hydrogen-bond acceptors (Lipinski definition) is 2. The zero-order valence-electron chi connectivity index (χ0n) is 11.8. The van der Waals surface area contributed by atoms with Crippen molar-refractivity contribution in [2.24, 2.45) is 0 Å². The number of rotatable bonds is 6. The maximum absolute atomic E-state index is 13.9. The highest BCUT2D eigenvalue weighted by atomic mass is 32.2. The van der Waals surface area contributed by atoms with Crippen molar-refractivity contribution in [3.8, 4) is 0 Å². The molecule has 0 aliphatic heterocycles. The highest BCUT2D eigenvalue weighted by molar-refractivity contribution is 7.79. The van der Waals surface area contributed by atoms with E-state index in [0.717, 1.165) is 18.3 Å². The van der Waals surface area contributed by atoms with Crippen LogP contribution in [0.15, 0.2) is 53.4 Å². The van der Waals surface area contributed by atoms with Gasteiger partial charge in [0.1, 0.15) is 5.82 Å². The lowest BCUT2D eigenvalue weighted by molar-refractivity contribution is 0.560. The van der Waals surface area contributed by atoms with Crippen molar-refractivity contribution in [2.75, 3.05) is 18.0 Å². The number of benzene rings is 2. The second-order valence-electron chi connectivity index (χ2n) is 4.67. The second-order valence-corrected chi connectivity index (χ2v) is 5.64. The molecule has 0 aliphatic carbocycles. The van der Waals surface area contributed by atoms with Gasteiger partial charge < -0.3 is 9.45 Å². The molecule has 0 spiro atoms. The van der Waals surface area contributed by atoms with E-state index in [4.69, 9.17) is 4.55 Å². The highest BCUT2D eigenvalue weighted by Gasteiger charge is 2.09. The van der Waals surface area contributed by atoms with E-state index in [1.165, 1.54) is 6.07 Å². The van der Waals surface area contributed by atoms with Crippen molar-refractivity contribution in [1.29, 1.82) is 0 Å².